The van der Waals surface area contributed by atoms with E-state index in [0.29, 0.717) is 16.5 Å². The quantitative estimate of drug-likeness (QED) is 0.784. The first-order chi connectivity index (χ1) is 11.2. The highest BCUT2D eigenvalue weighted by Gasteiger charge is 2.09. The molecule has 3 aromatic rings. The second-order valence-electron chi connectivity index (χ2n) is 4.73. The first-order valence-corrected chi connectivity index (χ1v) is 7.68. The molecule has 0 radical (unpaired) electrons. The van der Waals surface area contributed by atoms with E-state index in [1.54, 1.807) is 25.4 Å². The van der Waals surface area contributed by atoms with E-state index in [4.69, 9.17) is 10.5 Å². The normalized spacial score (nSPS) is 10.5. The minimum Gasteiger partial charge on any atom is -0.497 e. The number of nitrogen functional groups attached to an aromatic ring is 1. The van der Waals surface area contributed by atoms with Crippen molar-refractivity contribution in [2.45, 2.75) is 9.92 Å². The SMILES string of the molecule is COc1ccc(-c2cnc(N)c(Sc3ccc(F)cc3)n2)cc1. The lowest BCUT2D eigenvalue weighted by Gasteiger charge is -2.07. The van der Waals surface area contributed by atoms with Crippen molar-refractivity contribution < 1.29 is 9.13 Å². The van der Waals surface area contributed by atoms with Crippen LogP contribution in [0.4, 0.5) is 10.2 Å². The Morgan fingerprint density at radius 2 is 1.74 bits per heavy atom. The van der Waals surface area contributed by atoms with Crippen molar-refractivity contribution in [1.29, 1.82) is 0 Å². The molecule has 3 rings (SSSR count). The fourth-order valence-corrected chi connectivity index (χ4v) is 2.77. The van der Waals surface area contributed by atoms with Crippen molar-refractivity contribution in [1.82, 2.24) is 9.97 Å². The van der Waals surface area contributed by atoms with Crippen LogP contribution >= 0.6 is 11.8 Å². The summed E-state index contributed by atoms with van der Waals surface area (Å²) in [6, 6.07) is 13.7. The highest BCUT2D eigenvalue weighted by molar-refractivity contribution is 7.99. The van der Waals surface area contributed by atoms with Crippen molar-refractivity contribution in [3.63, 3.8) is 0 Å². The summed E-state index contributed by atoms with van der Waals surface area (Å²) in [7, 11) is 1.62. The van der Waals surface area contributed by atoms with Gasteiger partial charge in [0.05, 0.1) is 19.0 Å². The topological polar surface area (TPSA) is 61.0 Å². The van der Waals surface area contributed by atoms with Crippen LogP contribution in [0.25, 0.3) is 11.3 Å². The van der Waals surface area contributed by atoms with E-state index < -0.39 is 0 Å². The lowest BCUT2D eigenvalue weighted by molar-refractivity contribution is 0.415. The minimum atomic E-state index is -0.277. The standard InChI is InChI=1S/C17H14FN3OS/c1-22-13-6-2-11(3-7-13)15-10-20-16(19)17(21-15)23-14-8-4-12(18)5-9-14/h2-10H,1H3,(H2,19,20). The van der Waals surface area contributed by atoms with Crippen molar-refractivity contribution in [2.24, 2.45) is 0 Å². The molecule has 0 saturated heterocycles. The van der Waals surface area contributed by atoms with Gasteiger partial charge in [0.15, 0.2) is 5.82 Å². The summed E-state index contributed by atoms with van der Waals surface area (Å²) in [5, 5.41) is 0.588. The average molecular weight is 327 g/mol. The molecule has 0 saturated carbocycles. The Morgan fingerprint density at radius 1 is 1.04 bits per heavy atom. The van der Waals surface area contributed by atoms with E-state index in [0.717, 1.165) is 16.2 Å². The van der Waals surface area contributed by atoms with Crippen LogP contribution in [-0.2, 0) is 0 Å². The number of halogens is 1. The smallest absolute Gasteiger partial charge is 0.156 e. The van der Waals surface area contributed by atoms with Crippen LogP contribution in [0.5, 0.6) is 5.75 Å². The molecule has 0 aliphatic carbocycles. The van der Waals surface area contributed by atoms with Crippen molar-refractivity contribution in [2.75, 3.05) is 12.8 Å². The Morgan fingerprint density at radius 3 is 2.39 bits per heavy atom. The summed E-state index contributed by atoms with van der Waals surface area (Å²) in [5.41, 5.74) is 7.53. The molecule has 116 valence electrons. The summed E-state index contributed by atoms with van der Waals surface area (Å²) in [4.78, 5) is 9.60. The maximum absolute atomic E-state index is 13.0. The third kappa shape index (κ3) is 3.60. The summed E-state index contributed by atoms with van der Waals surface area (Å²) >= 11 is 1.35. The van der Waals surface area contributed by atoms with E-state index in [-0.39, 0.29) is 5.82 Å². The number of benzene rings is 2. The van der Waals surface area contributed by atoms with Gasteiger partial charge in [-0.1, -0.05) is 11.8 Å². The fraction of sp³-hybridized carbons (Fsp3) is 0.0588. The van der Waals surface area contributed by atoms with Crippen LogP contribution in [0.15, 0.2) is 64.6 Å². The number of anilines is 1. The Balaban J connectivity index is 1.90. The van der Waals surface area contributed by atoms with Gasteiger partial charge in [-0.3, -0.25) is 0 Å². The molecule has 0 aliphatic rings. The number of nitrogens with two attached hydrogens (primary N) is 1. The minimum absolute atomic E-state index is 0.277. The summed E-state index contributed by atoms with van der Waals surface area (Å²) < 4.78 is 18.1. The lowest BCUT2D eigenvalue weighted by Crippen LogP contribution is -1.97. The van der Waals surface area contributed by atoms with Crippen LogP contribution in [-0.4, -0.2) is 17.1 Å². The molecular formula is C17H14FN3OS. The summed E-state index contributed by atoms with van der Waals surface area (Å²) in [5.74, 6) is 0.843. The molecule has 0 atom stereocenters. The van der Waals surface area contributed by atoms with E-state index in [1.165, 1.54) is 23.9 Å². The van der Waals surface area contributed by atoms with Crippen molar-refractivity contribution >= 4 is 17.6 Å². The fourth-order valence-electron chi connectivity index (χ4n) is 1.97. The maximum atomic E-state index is 13.0. The molecule has 4 nitrogen and oxygen atoms in total. The van der Waals surface area contributed by atoms with Crippen LogP contribution in [0.1, 0.15) is 0 Å². The molecule has 0 amide bonds. The number of methoxy groups -OCH3 is 1. The van der Waals surface area contributed by atoms with Gasteiger partial charge in [0.1, 0.15) is 16.6 Å². The second-order valence-corrected chi connectivity index (χ2v) is 5.79. The highest BCUT2D eigenvalue weighted by Crippen LogP contribution is 2.31. The Labute approximate surface area is 137 Å². The maximum Gasteiger partial charge on any atom is 0.156 e. The van der Waals surface area contributed by atoms with Gasteiger partial charge in [-0.05, 0) is 48.5 Å². The number of ether oxygens (including phenoxy) is 1. The molecule has 2 aromatic carbocycles. The number of rotatable bonds is 4. The van der Waals surface area contributed by atoms with Gasteiger partial charge in [0.25, 0.3) is 0 Å². The molecule has 6 heteroatoms. The monoisotopic (exact) mass is 327 g/mol. The number of hydrogen-bond donors (Lipinski definition) is 1. The third-order valence-corrected chi connectivity index (χ3v) is 4.18. The summed E-state index contributed by atoms with van der Waals surface area (Å²) in [6.07, 6.45) is 1.63. The number of aromatic nitrogens is 2. The largest absolute Gasteiger partial charge is 0.497 e. The number of nitrogens with zero attached hydrogens (tertiary/aromatic N) is 2. The zero-order valence-electron chi connectivity index (χ0n) is 12.4. The average Bonchev–Trinajstić information content (AvgIpc) is 2.59. The van der Waals surface area contributed by atoms with E-state index >= 15 is 0 Å². The van der Waals surface area contributed by atoms with E-state index in [9.17, 15) is 4.39 Å². The predicted molar refractivity (Wildman–Crippen MR) is 89.0 cm³/mol. The van der Waals surface area contributed by atoms with Crippen molar-refractivity contribution in [3.8, 4) is 17.0 Å². The highest BCUT2D eigenvalue weighted by atomic mass is 32.2. The molecule has 0 bridgehead atoms. The molecule has 0 unspecified atom stereocenters. The van der Waals surface area contributed by atoms with Gasteiger partial charge in [0, 0.05) is 10.5 Å². The molecular weight excluding hydrogens is 313 g/mol. The summed E-state index contributed by atoms with van der Waals surface area (Å²) in [6.45, 7) is 0. The van der Waals surface area contributed by atoms with Crippen molar-refractivity contribution in [3.05, 3.63) is 60.5 Å². The second kappa shape index (κ2) is 6.66. The van der Waals surface area contributed by atoms with Gasteiger partial charge in [-0.2, -0.15) is 0 Å². The van der Waals surface area contributed by atoms with Crippen LogP contribution < -0.4 is 10.5 Å². The Bertz CT molecular complexity index is 807. The third-order valence-electron chi connectivity index (χ3n) is 3.18. The van der Waals surface area contributed by atoms with Gasteiger partial charge < -0.3 is 10.5 Å². The zero-order chi connectivity index (χ0) is 16.2. The first kappa shape index (κ1) is 15.3. The Hall–Kier alpha value is -2.60. The van der Waals surface area contributed by atoms with E-state index in [2.05, 4.69) is 9.97 Å². The molecule has 2 N–H and O–H groups in total. The predicted octanol–water partition coefficient (Wildman–Crippen LogP) is 4.02. The first-order valence-electron chi connectivity index (χ1n) is 6.86. The van der Waals surface area contributed by atoms with Gasteiger partial charge in [-0.15, -0.1) is 0 Å². The van der Waals surface area contributed by atoms with Gasteiger partial charge in [0.2, 0.25) is 0 Å². The zero-order valence-corrected chi connectivity index (χ0v) is 13.2. The van der Waals surface area contributed by atoms with Crippen LogP contribution in [0.2, 0.25) is 0 Å². The molecule has 0 aliphatic heterocycles. The molecule has 23 heavy (non-hydrogen) atoms. The van der Waals surface area contributed by atoms with Gasteiger partial charge >= 0.3 is 0 Å². The van der Waals surface area contributed by atoms with Crippen LogP contribution in [0, 0.1) is 5.82 Å². The molecule has 1 aromatic heterocycles. The molecule has 1 heterocycles. The molecule has 0 fully saturated rings. The van der Waals surface area contributed by atoms with Gasteiger partial charge in [-0.25, -0.2) is 14.4 Å². The van der Waals surface area contributed by atoms with Crippen LogP contribution in [0.3, 0.4) is 0 Å². The van der Waals surface area contributed by atoms with E-state index in [1.807, 2.05) is 24.3 Å². The number of hydrogen-bond acceptors (Lipinski definition) is 5. The molecule has 0 spiro atoms. The lowest BCUT2D eigenvalue weighted by atomic mass is 10.1. The Kier molecular flexibility index (Phi) is 4.43.